The third-order valence-corrected chi connectivity index (χ3v) is 4.39. The minimum Gasteiger partial charge on any atom is -0.379 e. The fourth-order valence-corrected chi connectivity index (χ4v) is 3.55. The molecule has 0 aromatic carbocycles. The molecule has 2 saturated heterocycles. The molecule has 1 atom stereocenters. The molecule has 3 nitrogen and oxygen atoms in total. The molecule has 0 amide bonds. The van der Waals surface area contributed by atoms with Crippen LogP contribution in [-0.4, -0.2) is 59.8 Å². The van der Waals surface area contributed by atoms with Gasteiger partial charge < -0.3 is 4.74 Å². The monoisotopic (exact) mass is 240 g/mol. The summed E-state index contributed by atoms with van der Waals surface area (Å²) in [6, 6.07) is 0.718. The third-order valence-electron chi connectivity index (χ3n) is 4.39. The molecule has 0 aliphatic carbocycles. The van der Waals surface area contributed by atoms with E-state index in [1.807, 2.05) is 7.11 Å². The van der Waals surface area contributed by atoms with Crippen molar-refractivity contribution in [1.82, 2.24) is 9.80 Å². The van der Waals surface area contributed by atoms with Gasteiger partial charge in [0.1, 0.15) is 0 Å². The summed E-state index contributed by atoms with van der Waals surface area (Å²) in [7, 11) is 1.82. The highest BCUT2D eigenvalue weighted by atomic mass is 16.5. The molecule has 0 N–H and O–H groups in total. The second-order valence-electron chi connectivity index (χ2n) is 7.26. The first-order valence-electron chi connectivity index (χ1n) is 6.78. The number of nitrogens with zero attached hydrogens (tertiary/aromatic N) is 2. The first-order chi connectivity index (χ1) is 7.74. The Morgan fingerprint density at radius 1 is 1.12 bits per heavy atom. The van der Waals surface area contributed by atoms with Crippen LogP contribution >= 0.6 is 0 Å². The SMILES string of the molecule is COC1CN([C@@H]2CN(C(C)(C)C)C(C)(C)C2)C1. The largest absolute Gasteiger partial charge is 0.379 e. The molecule has 0 aromatic rings. The van der Waals surface area contributed by atoms with E-state index in [2.05, 4.69) is 44.4 Å². The van der Waals surface area contributed by atoms with Gasteiger partial charge in [0.25, 0.3) is 0 Å². The van der Waals surface area contributed by atoms with E-state index < -0.39 is 0 Å². The lowest BCUT2D eigenvalue weighted by atomic mass is 9.94. The molecule has 0 unspecified atom stereocenters. The summed E-state index contributed by atoms with van der Waals surface area (Å²) in [5.41, 5.74) is 0.588. The van der Waals surface area contributed by atoms with Crippen molar-refractivity contribution >= 4 is 0 Å². The summed E-state index contributed by atoms with van der Waals surface area (Å²) >= 11 is 0. The zero-order valence-corrected chi connectivity index (χ0v) is 12.3. The van der Waals surface area contributed by atoms with Crippen LogP contribution in [0, 0.1) is 0 Å². The highest BCUT2D eigenvalue weighted by Gasteiger charge is 2.47. The maximum absolute atomic E-state index is 5.37. The first kappa shape index (κ1) is 13.3. The van der Waals surface area contributed by atoms with Crippen molar-refractivity contribution in [2.75, 3.05) is 26.7 Å². The summed E-state index contributed by atoms with van der Waals surface area (Å²) < 4.78 is 5.37. The van der Waals surface area contributed by atoms with Crippen LogP contribution in [0.25, 0.3) is 0 Å². The normalized spacial score (nSPS) is 31.8. The third kappa shape index (κ3) is 2.51. The second-order valence-corrected chi connectivity index (χ2v) is 7.26. The van der Waals surface area contributed by atoms with E-state index in [-0.39, 0.29) is 5.54 Å². The van der Waals surface area contributed by atoms with Crippen LogP contribution in [-0.2, 0) is 4.74 Å². The van der Waals surface area contributed by atoms with E-state index in [1.165, 1.54) is 13.0 Å². The molecule has 0 aromatic heterocycles. The van der Waals surface area contributed by atoms with Gasteiger partial charge in [-0.25, -0.2) is 0 Å². The molecule has 0 radical (unpaired) electrons. The fraction of sp³-hybridized carbons (Fsp3) is 1.00. The topological polar surface area (TPSA) is 15.7 Å². The molecule has 17 heavy (non-hydrogen) atoms. The zero-order valence-electron chi connectivity index (χ0n) is 12.3. The predicted octanol–water partition coefficient (Wildman–Crippen LogP) is 1.97. The minimum absolute atomic E-state index is 0.268. The number of likely N-dealkylation sites (tertiary alicyclic amines) is 2. The molecule has 0 saturated carbocycles. The van der Waals surface area contributed by atoms with Crippen LogP contribution in [0.4, 0.5) is 0 Å². The number of methoxy groups -OCH3 is 1. The van der Waals surface area contributed by atoms with E-state index in [0.717, 1.165) is 19.1 Å². The summed E-state index contributed by atoms with van der Waals surface area (Å²) in [5.74, 6) is 0. The fourth-order valence-electron chi connectivity index (χ4n) is 3.55. The molecular formula is C14H28N2O. The Labute approximate surface area is 106 Å². The van der Waals surface area contributed by atoms with Crippen LogP contribution in [0.5, 0.6) is 0 Å². The van der Waals surface area contributed by atoms with Crippen molar-refractivity contribution in [3.8, 4) is 0 Å². The molecule has 2 aliphatic heterocycles. The minimum atomic E-state index is 0.268. The van der Waals surface area contributed by atoms with Crippen molar-refractivity contribution in [2.24, 2.45) is 0 Å². The maximum Gasteiger partial charge on any atom is 0.0825 e. The Hall–Kier alpha value is -0.120. The Bertz CT molecular complexity index is 276. The standard InChI is InChI=1S/C14H28N2O/c1-13(2,3)16-8-11(7-14(16,4)5)15-9-12(10-15)17-6/h11-12H,7-10H2,1-6H3/t11-/m0/s1. The van der Waals surface area contributed by atoms with Crippen LogP contribution < -0.4 is 0 Å². The number of hydrogen-bond acceptors (Lipinski definition) is 3. The van der Waals surface area contributed by atoms with E-state index in [1.54, 1.807) is 0 Å². The molecule has 100 valence electrons. The molecule has 0 bridgehead atoms. The average molecular weight is 240 g/mol. The van der Waals surface area contributed by atoms with Crippen LogP contribution in [0.2, 0.25) is 0 Å². The predicted molar refractivity (Wildman–Crippen MR) is 71.3 cm³/mol. The van der Waals surface area contributed by atoms with Gasteiger partial charge in [-0.15, -0.1) is 0 Å². The Morgan fingerprint density at radius 2 is 1.71 bits per heavy atom. The van der Waals surface area contributed by atoms with E-state index >= 15 is 0 Å². The lowest BCUT2D eigenvalue weighted by molar-refractivity contribution is -0.0496. The number of hydrogen-bond donors (Lipinski definition) is 0. The van der Waals surface area contributed by atoms with Crippen LogP contribution in [0.3, 0.4) is 0 Å². The summed E-state index contributed by atoms with van der Waals surface area (Å²) in [4.78, 5) is 5.24. The maximum atomic E-state index is 5.37. The van der Waals surface area contributed by atoms with E-state index in [9.17, 15) is 0 Å². The number of rotatable bonds is 2. The van der Waals surface area contributed by atoms with Crippen molar-refractivity contribution in [3.05, 3.63) is 0 Å². The molecule has 2 rings (SSSR count). The van der Waals surface area contributed by atoms with Gasteiger partial charge in [0.05, 0.1) is 6.10 Å². The van der Waals surface area contributed by atoms with E-state index in [4.69, 9.17) is 4.74 Å². The first-order valence-corrected chi connectivity index (χ1v) is 6.78. The lowest BCUT2D eigenvalue weighted by Crippen LogP contribution is -2.57. The Kier molecular flexibility index (Phi) is 3.30. The van der Waals surface area contributed by atoms with Crippen molar-refractivity contribution in [2.45, 2.75) is 64.3 Å². The highest BCUT2D eigenvalue weighted by molar-refractivity contribution is 5.03. The summed E-state index contributed by atoms with van der Waals surface area (Å²) in [6.07, 6.45) is 1.75. The molecule has 2 heterocycles. The smallest absolute Gasteiger partial charge is 0.0825 e. The van der Waals surface area contributed by atoms with Crippen molar-refractivity contribution < 1.29 is 4.74 Å². The van der Waals surface area contributed by atoms with Gasteiger partial charge in [-0.1, -0.05) is 0 Å². The average Bonchev–Trinajstić information content (AvgIpc) is 2.38. The van der Waals surface area contributed by atoms with Gasteiger partial charge in [-0.3, -0.25) is 9.80 Å². The quantitative estimate of drug-likeness (QED) is 0.734. The van der Waals surface area contributed by atoms with Gasteiger partial charge in [0, 0.05) is 43.9 Å². The molecular weight excluding hydrogens is 212 g/mol. The highest BCUT2D eigenvalue weighted by Crippen LogP contribution is 2.38. The summed E-state index contributed by atoms with van der Waals surface area (Å²) in [6.45, 7) is 15.2. The second kappa shape index (κ2) is 4.22. The van der Waals surface area contributed by atoms with Gasteiger partial charge in [-0.2, -0.15) is 0 Å². The van der Waals surface area contributed by atoms with Gasteiger partial charge >= 0.3 is 0 Å². The molecule has 2 fully saturated rings. The lowest BCUT2D eigenvalue weighted by Gasteiger charge is -2.43. The Balaban J connectivity index is 1.97. The van der Waals surface area contributed by atoms with Gasteiger partial charge in [0.2, 0.25) is 0 Å². The number of ether oxygens (including phenoxy) is 1. The Morgan fingerprint density at radius 3 is 2.12 bits per heavy atom. The van der Waals surface area contributed by atoms with Crippen molar-refractivity contribution in [1.29, 1.82) is 0 Å². The molecule has 2 aliphatic rings. The van der Waals surface area contributed by atoms with Crippen LogP contribution in [0.1, 0.15) is 41.0 Å². The van der Waals surface area contributed by atoms with Crippen LogP contribution in [0.15, 0.2) is 0 Å². The van der Waals surface area contributed by atoms with Gasteiger partial charge in [-0.05, 0) is 41.0 Å². The van der Waals surface area contributed by atoms with Crippen molar-refractivity contribution in [3.63, 3.8) is 0 Å². The van der Waals surface area contributed by atoms with Gasteiger partial charge in [0.15, 0.2) is 0 Å². The van der Waals surface area contributed by atoms with E-state index in [0.29, 0.717) is 11.6 Å². The molecule has 3 heteroatoms. The summed E-state index contributed by atoms with van der Waals surface area (Å²) in [5, 5.41) is 0. The zero-order chi connectivity index (χ0) is 12.8. The molecule has 0 spiro atoms.